The lowest BCUT2D eigenvalue weighted by atomic mass is 10.1. The fourth-order valence-corrected chi connectivity index (χ4v) is 3.08. The molecule has 1 aromatic carbocycles. The molecule has 1 N–H and O–H groups in total. The smallest absolute Gasteiger partial charge is 0.253 e. The molecule has 0 spiro atoms. The van der Waals surface area contributed by atoms with Crippen LogP contribution in [0.3, 0.4) is 0 Å². The van der Waals surface area contributed by atoms with Gasteiger partial charge in [-0.25, -0.2) is 0 Å². The molecule has 25 heavy (non-hydrogen) atoms. The van der Waals surface area contributed by atoms with Gasteiger partial charge in [0.05, 0.1) is 5.56 Å². The maximum absolute atomic E-state index is 12.5. The van der Waals surface area contributed by atoms with E-state index in [0.717, 1.165) is 11.1 Å². The van der Waals surface area contributed by atoms with Crippen molar-refractivity contribution in [3.8, 4) is 11.1 Å². The van der Waals surface area contributed by atoms with Crippen molar-refractivity contribution in [3.05, 3.63) is 53.3 Å². The molecule has 0 aliphatic carbocycles. The van der Waals surface area contributed by atoms with Gasteiger partial charge in [0, 0.05) is 35.6 Å². The van der Waals surface area contributed by atoms with Crippen LogP contribution in [-0.4, -0.2) is 40.3 Å². The number of aromatic nitrogens is 1. The summed E-state index contributed by atoms with van der Waals surface area (Å²) in [6, 6.07) is 8.79. The predicted molar refractivity (Wildman–Crippen MR) is 97.4 cm³/mol. The second kappa shape index (κ2) is 7.23. The van der Waals surface area contributed by atoms with Crippen LogP contribution >= 0.6 is 11.6 Å². The minimum absolute atomic E-state index is 0.0230. The molecule has 1 fully saturated rings. The summed E-state index contributed by atoms with van der Waals surface area (Å²) < 4.78 is 0. The molecule has 6 heteroatoms. The average molecular weight is 358 g/mol. The number of carbonyl (C=O) groups excluding carboxylic acids is 2. The summed E-state index contributed by atoms with van der Waals surface area (Å²) in [6.45, 7) is 4.62. The van der Waals surface area contributed by atoms with Gasteiger partial charge < -0.3 is 10.2 Å². The van der Waals surface area contributed by atoms with Gasteiger partial charge in [0.25, 0.3) is 5.91 Å². The fourth-order valence-electron chi connectivity index (χ4n) is 2.95. The Morgan fingerprint density at radius 1 is 1.24 bits per heavy atom. The Morgan fingerprint density at radius 3 is 2.60 bits per heavy atom. The molecule has 1 saturated heterocycles. The molecule has 3 rings (SSSR count). The van der Waals surface area contributed by atoms with Crippen LogP contribution in [0.5, 0.6) is 0 Å². The molecular weight excluding hydrogens is 338 g/mol. The van der Waals surface area contributed by atoms with E-state index in [0.29, 0.717) is 23.6 Å². The lowest BCUT2D eigenvalue weighted by Crippen LogP contribution is -2.43. The number of carbonyl (C=O) groups is 2. The Morgan fingerprint density at radius 2 is 1.96 bits per heavy atom. The van der Waals surface area contributed by atoms with Crippen molar-refractivity contribution < 1.29 is 9.59 Å². The first-order chi connectivity index (χ1) is 12.0. The lowest BCUT2D eigenvalue weighted by Gasteiger charge is -2.21. The summed E-state index contributed by atoms with van der Waals surface area (Å²) in [4.78, 5) is 30.8. The summed E-state index contributed by atoms with van der Waals surface area (Å²) in [6.07, 6.45) is 3.84. The normalized spacial score (nSPS) is 17.2. The number of rotatable bonds is 4. The third kappa shape index (κ3) is 3.82. The van der Waals surface area contributed by atoms with Crippen LogP contribution in [-0.2, 0) is 4.79 Å². The molecule has 1 aromatic heterocycles. The van der Waals surface area contributed by atoms with Gasteiger partial charge >= 0.3 is 0 Å². The summed E-state index contributed by atoms with van der Waals surface area (Å²) in [5, 5.41) is 3.48. The van der Waals surface area contributed by atoms with E-state index in [1.807, 2.05) is 26.0 Å². The van der Waals surface area contributed by atoms with Gasteiger partial charge in [-0.2, -0.15) is 0 Å². The van der Waals surface area contributed by atoms with Crippen LogP contribution in [0.25, 0.3) is 11.1 Å². The third-order valence-electron chi connectivity index (χ3n) is 4.35. The van der Waals surface area contributed by atoms with Crippen LogP contribution in [0, 0.1) is 0 Å². The lowest BCUT2D eigenvalue weighted by molar-refractivity contribution is -0.130. The highest BCUT2D eigenvalue weighted by atomic mass is 35.5. The number of halogens is 1. The zero-order valence-corrected chi connectivity index (χ0v) is 15.0. The fraction of sp³-hybridized carbons (Fsp3) is 0.316. The van der Waals surface area contributed by atoms with Crippen molar-refractivity contribution in [2.45, 2.75) is 32.4 Å². The number of amides is 2. The zero-order valence-electron chi connectivity index (χ0n) is 14.2. The Balaban J connectivity index is 1.74. The van der Waals surface area contributed by atoms with Crippen molar-refractivity contribution in [1.29, 1.82) is 0 Å². The van der Waals surface area contributed by atoms with Gasteiger partial charge in [-0.3, -0.25) is 14.6 Å². The summed E-state index contributed by atoms with van der Waals surface area (Å²) >= 11 is 5.91. The van der Waals surface area contributed by atoms with E-state index in [-0.39, 0.29) is 17.9 Å². The molecule has 130 valence electrons. The molecular formula is C19H20ClN3O2. The number of pyridine rings is 1. The summed E-state index contributed by atoms with van der Waals surface area (Å²) in [7, 11) is 0. The Hall–Kier alpha value is -2.40. The first-order valence-corrected chi connectivity index (χ1v) is 8.66. The Labute approximate surface area is 152 Å². The standard InChI is InChI=1S/C19H20ClN3O2/c1-12(2)23-8-7-17(19(23)25)22-18(24)15-9-14(10-21-11-15)13-3-5-16(20)6-4-13/h3-6,9-12,17H,7-8H2,1-2H3,(H,22,24)/t17-/m0/s1. The molecule has 2 heterocycles. The molecule has 1 aliphatic rings. The number of nitrogens with zero attached hydrogens (tertiary/aromatic N) is 2. The maximum Gasteiger partial charge on any atom is 0.253 e. The topological polar surface area (TPSA) is 62.3 Å². The summed E-state index contributed by atoms with van der Waals surface area (Å²) in [5.74, 6) is -0.308. The first kappa shape index (κ1) is 17.4. The molecule has 1 atom stereocenters. The molecule has 5 nitrogen and oxygen atoms in total. The summed E-state index contributed by atoms with van der Waals surface area (Å²) in [5.41, 5.74) is 2.18. The average Bonchev–Trinajstić information content (AvgIpc) is 2.96. The van der Waals surface area contributed by atoms with E-state index in [1.54, 1.807) is 29.3 Å². The van der Waals surface area contributed by atoms with Gasteiger partial charge in [0.2, 0.25) is 5.91 Å². The van der Waals surface area contributed by atoms with E-state index in [1.165, 1.54) is 6.20 Å². The molecule has 0 saturated carbocycles. The third-order valence-corrected chi connectivity index (χ3v) is 4.60. The van der Waals surface area contributed by atoms with Gasteiger partial charge in [-0.1, -0.05) is 23.7 Å². The Kier molecular flexibility index (Phi) is 5.04. The molecule has 2 aromatic rings. The highest BCUT2D eigenvalue weighted by molar-refractivity contribution is 6.30. The van der Waals surface area contributed by atoms with Crippen LogP contribution in [0.4, 0.5) is 0 Å². The highest BCUT2D eigenvalue weighted by Gasteiger charge is 2.34. The monoisotopic (exact) mass is 357 g/mol. The number of hydrogen-bond donors (Lipinski definition) is 1. The van der Waals surface area contributed by atoms with Gasteiger partial charge in [0.15, 0.2) is 0 Å². The number of nitrogens with one attached hydrogen (secondary N) is 1. The van der Waals surface area contributed by atoms with Crippen molar-refractivity contribution in [2.24, 2.45) is 0 Å². The van der Waals surface area contributed by atoms with Gasteiger partial charge in [-0.15, -0.1) is 0 Å². The predicted octanol–water partition coefficient (Wildman–Crippen LogP) is 3.14. The number of likely N-dealkylation sites (tertiary alicyclic amines) is 1. The van der Waals surface area contributed by atoms with Crippen LogP contribution in [0.1, 0.15) is 30.6 Å². The SMILES string of the molecule is CC(C)N1CC[C@H](NC(=O)c2cncc(-c3ccc(Cl)cc3)c2)C1=O. The van der Waals surface area contributed by atoms with E-state index >= 15 is 0 Å². The second-order valence-corrected chi connectivity index (χ2v) is 6.85. The molecule has 0 unspecified atom stereocenters. The van der Waals surface area contributed by atoms with E-state index < -0.39 is 6.04 Å². The van der Waals surface area contributed by atoms with Crippen molar-refractivity contribution in [2.75, 3.05) is 6.54 Å². The quantitative estimate of drug-likeness (QED) is 0.914. The van der Waals surface area contributed by atoms with Crippen LogP contribution in [0.2, 0.25) is 5.02 Å². The minimum atomic E-state index is -0.464. The van der Waals surface area contributed by atoms with Crippen molar-refractivity contribution in [1.82, 2.24) is 15.2 Å². The molecule has 0 radical (unpaired) electrons. The minimum Gasteiger partial charge on any atom is -0.340 e. The van der Waals surface area contributed by atoms with Gasteiger partial charge in [0.1, 0.15) is 6.04 Å². The second-order valence-electron chi connectivity index (χ2n) is 6.41. The zero-order chi connectivity index (χ0) is 18.0. The van der Waals surface area contributed by atoms with Crippen molar-refractivity contribution >= 4 is 23.4 Å². The van der Waals surface area contributed by atoms with E-state index in [4.69, 9.17) is 11.6 Å². The molecule has 0 bridgehead atoms. The van der Waals surface area contributed by atoms with Crippen molar-refractivity contribution in [3.63, 3.8) is 0 Å². The van der Waals surface area contributed by atoms with Crippen LogP contribution < -0.4 is 5.32 Å². The number of benzene rings is 1. The van der Waals surface area contributed by atoms with Crippen LogP contribution in [0.15, 0.2) is 42.7 Å². The largest absolute Gasteiger partial charge is 0.340 e. The van der Waals surface area contributed by atoms with E-state index in [2.05, 4.69) is 10.3 Å². The first-order valence-electron chi connectivity index (χ1n) is 8.28. The van der Waals surface area contributed by atoms with E-state index in [9.17, 15) is 9.59 Å². The molecule has 2 amide bonds. The Bertz CT molecular complexity index is 790. The maximum atomic E-state index is 12.5. The van der Waals surface area contributed by atoms with Gasteiger partial charge in [-0.05, 0) is 44.0 Å². The number of hydrogen-bond acceptors (Lipinski definition) is 3. The molecule has 1 aliphatic heterocycles. The highest BCUT2D eigenvalue weighted by Crippen LogP contribution is 2.22.